The zero-order valence-electron chi connectivity index (χ0n) is 14.0. The smallest absolute Gasteiger partial charge is 0.295 e. The van der Waals surface area contributed by atoms with E-state index in [2.05, 4.69) is 0 Å². The van der Waals surface area contributed by atoms with Crippen LogP contribution in [0.15, 0.2) is 0 Å². The van der Waals surface area contributed by atoms with Gasteiger partial charge >= 0.3 is 27.1 Å². The third-order valence-electron chi connectivity index (χ3n) is 4.84. The first kappa shape index (κ1) is 25.2. The van der Waals surface area contributed by atoms with Gasteiger partial charge in [0.15, 0.2) is 0 Å². The molecule has 0 aromatic rings. The summed E-state index contributed by atoms with van der Waals surface area (Å²) in [6.45, 7) is -0.945. The number of hydrogen-bond acceptors (Lipinski definition) is 4. The molecular formula is C11H14F10NO4S2+. The fourth-order valence-electron chi connectivity index (χ4n) is 3.19. The van der Waals surface area contributed by atoms with Gasteiger partial charge in [-0.3, -0.25) is 4.48 Å². The summed E-state index contributed by atoms with van der Waals surface area (Å²) in [7, 11) is -14.6. The molecule has 0 aliphatic carbocycles. The third kappa shape index (κ3) is 2.74. The number of alkyl halides is 10. The van der Waals surface area contributed by atoms with Crippen molar-refractivity contribution in [3.8, 4) is 0 Å². The molecule has 168 valence electrons. The van der Waals surface area contributed by atoms with Gasteiger partial charge in [0.05, 0.1) is 20.1 Å². The van der Waals surface area contributed by atoms with Crippen molar-refractivity contribution in [1.29, 1.82) is 0 Å². The molecule has 28 heavy (non-hydrogen) atoms. The van der Waals surface area contributed by atoms with Crippen molar-refractivity contribution in [2.24, 2.45) is 0 Å². The van der Waals surface area contributed by atoms with Gasteiger partial charge in [0.2, 0.25) is 0 Å². The Hall–Kier alpha value is -0.840. The molecule has 0 N–H and O–H groups in total. The molecule has 1 fully saturated rings. The average Bonchev–Trinajstić information content (AvgIpc) is 2.84. The molecular weight excluding hydrogens is 464 g/mol. The van der Waals surface area contributed by atoms with Crippen LogP contribution in [0.25, 0.3) is 0 Å². The molecule has 1 aliphatic heterocycles. The Morgan fingerprint density at radius 3 is 1.36 bits per heavy atom. The maximum atomic E-state index is 13.8. The minimum atomic E-state index is -7.53. The first-order chi connectivity index (χ1) is 12.0. The second-order valence-electron chi connectivity index (χ2n) is 6.29. The second kappa shape index (κ2) is 6.33. The normalized spacial score (nSPS) is 25.1. The van der Waals surface area contributed by atoms with Gasteiger partial charge in [0.25, 0.3) is 19.7 Å². The summed E-state index contributed by atoms with van der Waals surface area (Å²) in [5, 5.41) is -13.8. The van der Waals surface area contributed by atoms with Gasteiger partial charge in [-0.1, -0.05) is 0 Å². The molecule has 0 aromatic heterocycles. The van der Waals surface area contributed by atoms with Gasteiger partial charge < -0.3 is 0 Å². The van der Waals surface area contributed by atoms with Crippen molar-refractivity contribution >= 4 is 19.7 Å². The van der Waals surface area contributed by atoms with E-state index < -0.39 is 77.2 Å². The van der Waals surface area contributed by atoms with E-state index in [0.29, 0.717) is 7.05 Å². The fraction of sp³-hybridized carbons (Fsp3) is 1.00. The minimum absolute atomic E-state index is 0.418. The Morgan fingerprint density at radius 1 is 0.786 bits per heavy atom. The Bertz CT molecular complexity index is 774. The van der Waals surface area contributed by atoms with Crippen molar-refractivity contribution in [3.63, 3.8) is 0 Å². The van der Waals surface area contributed by atoms with Gasteiger partial charge in [-0.15, -0.1) is 0 Å². The molecule has 17 heteroatoms. The number of quaternary nitrogens is 1. The van der Waals surface area contributed by atoms with Crippen molar-refractivity contribution in [2.45, 2.75) is 46.8 Å². The van der Waals surface area contributed by atoms with Crippen molar-refractivity contribution in [3.05, 3.63) is 0 Å². The molecule has 1 saturated heterocycles. The summed E-state index contributed by atoms with van der Waals surface area (Å²) in [6.07, 6.45) is -16.6. The van der Waals surface area contributed by atoms with Crippen LogP contribution in [0.1, 0.15) is 19.8 Å². The van der Waals surface area contributed by atoms with Crippen LogP contribution in [-0.2, 0) is 19.7 Å². The van der Waals surface area contributed by atoms with Crippen LogP contribution in [0.5, 0.6) is 0 Å². The molecule has 1 rings (SSSR count). The Balaban J connectivity index is 4.15. The molecule has 5 nitrogen and oxygen atoms in total. The van der Waals surface area contributed by atoms with Gasteiger partial charge in [-0.05, 0) is 6.92 Å². The maximum absolute atomic E-state index is 13.8. The molecule has 0 radical (unpaired) electrons. The zero-order chi connectivity index (χ0) is 22.8. The summed E-state index contributed by atoms with van der Waals surface area (Å²) in [5.74, 6) is 0. The first-order valence-corrected chi connectivity index (χ1v) is 10.2. The molecule has 0 spiro atoms. The third-order valence-corrected chi connectivity index (χ3v) is 10.9. The van der Waals surface area contributed by atoms with E-state index in [0.717, 1.165) is 6.92 Å². The average molecular weight is 478 g/mol. The number of nitrogens with zero attached hydrogens (tertiary/aromatic N) is 1. The minimum Gasteiger partial charge on any atom is -0.295 e. The van der Waals surface area contributed by atoms with E-state index in [1.165, 1.54) is 0 Å². The molecule has 1 aliphatic rings. The zero-order valence-corrected chi connectivity index (χ0v) is 15.6. The summed E-state index contributed by atoms with van der Waals surface area (Å²) in [4.78, 5) is 0. The van der Waals surface area contributed by atoms with E-state index in [-0.39, 0.29) is 0 Å². The molecule has 0 saturated carbocycles. The van der Waals surface area contributed by atoms with Crippen LogP contribution in [0.2, 0.25) is 0 Å². The van der Waals surface area contributed by atoms with Crippen molar-refractivity contribution in [2.75, 3.05) is 20.1 Å². The Morgan fingerprint density at radius 2 is 1.11 bits per heavy atom. The van der Waals surface area contributed by atoms with E-state index in [1.807, 2.05) is 0 Å². The predicted octanol–water partition coefficient (Wildman–Crippen LogP) is 3.04. The van der Waals surface area contributed by atoms with Crippen LogP contribution in [0, 0.1) is 0 Å². The van der Waals surface area contributed by atoms with Gasteiger partial charge in [-0.2, -0.15) is 43.9 Å². The van der Waals surface area contributed by atoms with Crippen LogP contribution < -0.4 is 0 Å². The molecule has 1 heterocycles. The fourth-order valence-corrected chi connectivity index (χ4v) is 8.81. The lowest BCUT2D eigenvalue weighted by Gasteiger charge is -2.45. The lowest BCUT2D eigenvalue weighted by Crippen LogP contribution is -2.73. The first-order valence-electron chi connectivity index (χ1n) is 7.24. The summed E-state index contributed by atoms with van der Waals surface area (Å²) in [5.41, 5.74) is 0. The van der Waals surface area contributed by atoms with Crippen LogP contribution >= 0.6 is 0 Å². The number of rotatable bonds is 5. The Kier molecular flexibility index (Phi) is 5.69. The summed E-state index contributed by atoms with van der Waals surface area (Å²) >= 11 is 0. The Labute approximate surface area is 152 Å². The largest absolute Gasteiger partial charge is 0.469 e. The van der Waals surface area contributed by atoms with E-state index >= 15 is 0 Å². The lowest BCUT2D eigenvalue weighted by atomic mass is 10.4. The molecule has 1 unspecified atom stereocenters. The molecule has 1 atom stereocenters. The summed E-state index contributed by atoms with van der Waals surface area (Å²) in [6, 6.07) is 0. The van der Waals surface area contributed by atoms with Gasteiger partial charge in [0.1, 0.15) is 0 Å². The molecule has 0 bridgehead atoms. The number of likely N-dealkylation sites (tertiary alicyclic amines) is 1. The van der Waals surface area contributed by atoms with Crippen LogP contribution in [0.3, 0.4) is 0 Å². The number of hydrogen-bond donors (Lipinski definition) is 0. The second-order valence-corrected chi connectivity index (χ2v) is 10.9. The summed E-state index contributed by atoms with van der Waals surface area (Å²) < 4.78 is 174. The quantitative estimate of drug-likeness (QED) is 0.450. The number of halogens is 10. The molecule has 0 aromatic carbocycles. The highest BCUT2D eigenvalue weighted by molar-refractivity contribution is 8.11. The van der Waals surface area contributed by atoms with Crippen LogP contribution in [-0.4, -0.2) is 68.5 Å². The van der Waals surface area contributed by atoms with Crippen molar-refractivity contribution in [1.82, 2.24) is 0 Å². The van der Waals surface area contributed by atoms with Gasteiger partial charge in [-0.25, -0.2) is 16.8 Å². The lowest BCUT2D eigenvalue weighted by molar-refractivity contribution is -0.916. The number of sulfone groups is 2. The van der Waals surface area contributed by atoms with E-state index in [9.17, 15) is 60.7 Å². The molecule has 0 amide bonds. The SMILES string of the molecule is CC[N+]1(C)CCCC1(S(=O)(=O)C(F)(F)C(F)(F)F)S(=O)(=O)C(F)(F)C(F)(F)F. The highest BCUT2D eigenvalue weighted by atomic mass is 32.3. The topological polar surface area (TPSA) is 68.3 Å². The maximum Gasteiger partial charge on any atom is 0.469 e. The van der Waals surface area contributed by atoms with Crippen LogP contribution in [0.4, 0.5) is 43.9 Å². The monoisotopic (exact) mass is 478 g/mol. The predicted molar refractivity (Wildman–Crippen MR) is 73.4 cm³/mol. The van der Waals surface area contributed by atoms with E-state index in [1.54, 1.807) is 0 Å². The van der Waals surface area contributed by atoms with Gasteiger partial charge in [0, 0.05) is 12.8 Å². The standard InChI is InChI=1S/C11H14F10NO4S2/c1-3-22(2)6-4-5-7(22,27(23,24)10(18,19)8(12,13)14)28(25,26)11(20,21)9(15,16)17/h3-6H2,1-2H3/q+1. The highest BCUT2D eigenvalue weighted by Crippen LogP contribution is 2.58. The van der Waals surface area contributed by atoms with Crippen molar-refractivity contribution < 1.29 is 65.2 Å². The highest BCUT2D eigenvalue weighted by Gasteiger charge is 2.88. The van der Waals surface area contributed by atoms with E-state index in [4.69, 9.17) is 0 Å².